The fourth-order valence-corrected chi connectivity index (χ4v) is 3.51. The summed E-state index contributed by atoms with van der Waals surface area (Å²) in [7, 11) is 3.53. The van der Waals surface area contributed by atoms with Crippen LogP contribution in [0.4, 0.5) is 0 Å². The Morgan fingerprint density at radius 3 is 2.38 bits per heavy atom. The highest BCUT2D eigenvalue weighted by Crippen LogP contribution is 2.35. The molecule has 3 N–H and O–H groups in total. The van der Waals surface area contributed by atoms with Gasteiger partial charge in [0.05, 0.1) is 18.8 Å². The molecule has 1 aliphatic carbocycles. The molecule has 1 fully saturated rings. The average Bonchev–Trinajstić information content (AvgIpc) is 2.79. The third kappa shape index (κ3) is 3.76. The molecule has 0 amide bonds. The molecule has 0 heterocycles. The third-order valence-corrected chi connectivity index (χ3v) is 4.81. The fraction of sp³-hybridized carbons (Fsp3) is 0.647. The van der Waals surface area contributed by atoms with Crippen LogP contribution in [0.15, 0.2) is 24.3 Å². The van der Waals surface area contributed by atoms with Crippen LogP contribution in [0.3, 0.4) is 0 Å². The van der Waals surface area contributed by atoms with Crippen LogP contribution in [0, 0.1) is 0 Å². The molecule has 0 spiro atoms. The van der Waals surface area contributed by atoms with Gasteiger partial charge in [-0.3, -0.25) is 11.3 Å². The van der Waals surface area contributed by atoms with E-state index in [1.165, 1.54) is 31.2 Å². The minimum absolute atomic E-state index is 0.0944. The number of para-hydroxylation sites is 1. The molecule has 0 bridgehead atoms. The summed E-state index contributed by atoms with van der Waals surface area (Å²) in [6.45, 7) is 0. The summed E-state index contributed by atoms with van der Waals surface area (Å²) in [5, 5.41) is 0. The van der Waals surface area contributed by atoms with Gasteiger partial charge in [0.1, 0.15) is 5.75 Å². The number of benzene rings is 1. The van der Waals surface area contributed by atoms with Crippen LogP contribution in [0.2, 0.25) is 0 Å². The van der Waals surface area contributed by atoms with Crippen molar-refractivity contribution >= 4 is 0 Å². The third-order valence-electron chi connectivity index (χ3n) is 4.81. The van der Waals surface area contributed by atoms with E-state index in [9.17, 15) is 0 Å². The molecule has 0 aliphatic heterocycles. The van der Waals surface area contributed by atoms with Gasteiger partial charge in [-0.2, -0.15) is 0 Å². The summed E-state index contributed by atoms with van der Waals surface area (Å²) in [6, 6.07) is 8.22. The standard InChI is InChI=1S/C17H28N2O2/c1-20-15-10-6-5-9-14(15)13-16(19-18)17(21-2)11-7-3-4-8-12-17/h5-6,9-10,16,19H,3-4,7-8,11-13,18H2,1-2H3. The topological polar surface area (TPSA) is 56.5 Å². The van der Waals surface area contributed by atoms with Gasteiger partial charge in [0.25, 0.3) is 0 Å². The maximum atomic E-state index is 5.97. The van der Waals surface area contributed by atoms with Crippen LogP contribution < -0.4 is 16.0 Å². The summed E-state index contributed by atoms with van der Waals surface area (Å²) in [5.41, 5.74) is 4.01. The maximum Gasteiger partial charge on any atom is 0.122 e. The molecule has 4 nitrogen and oxygen atoms in total. The van der Waals surface area contributed by atoms with E-state index in [1.807, 2.05) is 25.3 Å². The SMILES string of the molecule is COc1ccccc1CC(NN)C1(OC)CCCCCC1. The predicted octanol–water partition coefficient (Wildman–Crippen LogP) is 2.81. The molecule has 2 rings (SSSR count). The van der Waals surface area contributed by atoms with Gasteiger partial charge < -0.3 is 9.47 Å². The Morgan fingerprint density at radius 2 is 1.81 bits per heavy atom. The van der Waals surface area contributed by atoms with E-state index in [-0.39, 0.29) is 11.6 Å². The number of methoxy groups -OCH3 is 2. The molecule has 0 radical (unpaired) electrons. The molecule has 1 atom stereocenters. The lowest BCUT2D eigenvalue weighted by atomic mass is 9.83. The van der Waals surface area contributed by atoms with Gasteiger partial charge in [0.15, 0.2) is 0 Å². The summed E-state index contributed by atoms with van der Waals surface area (Å²) in [5.74, 6) is 6.80. The average molecular weight is 292 g/mol. The Morgan fingerprint density at radius 1 is 1.14 bits per heavy atom. The van der Waals surface area contributed by atoms with Gasteiger partial charge in [-0.25, -0.2) is 0 Å². The Labute approximate surface area is 128 Å². The monoisotopic (exact) mass is 292 g/mol. The van der Waals surface area contributed by atoms with E-state index in [4.69, 9.17) is 15.3 Å². The lowest BCUT2D eigenvalue weighted by Gasteiger charge is -2.39. The maximum absolute atomic E-state index is 5.97. The van der Waals surface area contributed by atoms with Crippen LogP contribution in [0.5, 0.6) is 5.75 Å². The van der Waals surface area contributed by atoms with Crippen molar-refractivity contribution in [2.24, 2.45) is 5.84 Å². The number of nitrogens with two attached hydrogens (primary N) is 1. The van der Waals surface area contributed by atoms with Crippen LogP contribution in [0.1, 0.15) is 44.1 Å². The van der Waals surface area contributed by atoms with Crippen molar-refractivity contribution in [3.05, 3.63) is 29.8 Å². The first-order valence-electron chi connectivity index (χ1n) is 7.89. The number of rotatable bonds is 6. The molecule has 4 heteroatoms. The summed E-state index contributed by atoms with van der Waals surface area (Å²) in [6.07, 6.45) is 7.93. The van der Waals surface area contributed by atoms with Gasteiger partial charge in [-0.1, -0.05) is 43.9 Å². The van der Waals surface area contributed by atoms with Gasteiger partial charge in [-0.05, 0) is 30.9 Å². The molecule has 0 aromatic heterocycles. The van der Waals surface area contributed by atoms with E-state index >= 15 is 0 Å². The molecule has 1 aliphatic rings. The first kappa shape index (κ1) is 16.3. The molecular formula is C17H28N2O2. The number of nitrogens with one attached hydrogen (secondary N) is 1. The Bertz CT molecular complexity index is 429. The first-order chi connectivity index (χ1) is 10.3. The van der Waals surface area contributed by atoms with Crippen molar-refractivity contribution in [3.8, 4) is 5.75 Å². The van der Waals surface area contributed by atoms with Gasteiger partial charge in [0.2, 0.25) is 0 Å². The van der Waals surface area contributed by atoms with Crippen molar-refractivity contribution < 1.29 is 9.47 Å². The fourth-order valence-electron chi connectivity index (χ4n) is 3.51. The smallest absolute Gasteiger partial charge is 0.122 e. The number of ether oxygens (including phenoxy) is 2. The van der Waals surface area contributed by atoms with Crippen molar-refractivity contribution in [3.63, 3.8) is 0 Å². The van der Waals surface area contributed by atoms with E-state index in [0.29, 0.717) is 0 Å². The van der Waals surface area contributed by atoms with E-state index in [1.54, 1.807) is 7.11 Å². The van der Waals surface area contributed by atoms with Crippen molar-refractivity contribution in [1.82, 2.24) is 5.43 Å². The lowest BCUT2D eigenvalue weighted by molar-refractivity contribution is -0.0528. The van der Waals surface area contributed by atoms with E-state index in [2.05, 4.69) is 11.5 Å². The van der Waals surface area contributed by atoms with Crippen molar-refractivity contribution in [2.75, 3.05) is 14.2 Å². The molecule has 1 aromatic carbocycles. The predicted molar refractivity (Wildman–Crippen MR) is 85.3 cm³/mol. The molecule has 118 valence electrons. The molecule has 0 saturated heterocycles. The van der Waals surface area contributed by atoms with Crippen LogP contribution in [0.25, 0.3) is 0 Å². The number of hydrazine groups is 1. The second-order valence-corrected chi connectivity index (χ2v) is 5.92. The normalized spacial score (nSPS) is 19.8. The Balaban J connectivity index is 2.20. The molecule has 1 unspecified atom stereocenters. The van der Waals surface area contributed by atoms with E-state index < -0.39 is 0 Å². The number of hydrogen-bond donors (Lipinski definition) is 2. The minimum Gasteiger partial charge on any atom is -0.496 e. The zero-order chi connectivity index (χ0) is 15.1. The van der Waals surface area contributed by atoms with Crippen LogP contribution in [-0.2, 0) is 11.2 Å². The second kappa shape index (κ2) is 7.78. The molecule has 21 heavy (non-hydrogen) atoms. The van der Waals surface area contributed by atoms with Gasteiger partial charge >= 0.3 is 0 Å². The molecule has 1 aromatic rings. The summed E-state index contributed by atoms with van der Waals surface area (Å²) in [4.78, 5) is 0. The highest BCUT2D eigenvalue weighted by atomic mass is 16.5. The summed E-state index contributed by atoms with van der Waals surface area (Å²) >= 11 is 0. The van der Waals surface area contributed by atoms with Crippen molar-refractivity contribution in [2.45, 2.75) is 56.6 Å². The quantitative estimate of drug-likeness (QED) is 0.481. The lowest BCUT2D eigenvalue weighted by Crippen LogP contribution is -2.55. The Hall–Kier alpha value is -1.10. The van der Waals surface area contributed by atoms with Crippen molar-refractivity contribution in [1.29, 1.82) is 0 Å². The van der Waals surface area contributed by atoms with E-state index in [0.717, 1.165) is 25.0 Å². The summed E-state index contributed by atoms with van der Waals surface area (Å²) < 4.78 is 11.4. The Kier molecular flexibility index (Phi) is 6.03. The van der Waals surface area contributed by atoms with Crippen LogP contribution >= 0.6 is 0 Å². The van der Waals surface area contributed by atoms with Crippen LogP contribution in [-0.4, -0.2) is 25.9 Å². The highest BCUT2D eigenvalue weighted by Gasteiger charge is 2.39. The van der Waals surface area contributed by atoms with Gasteiger partial charge in [-0.15, -0.1) is 0 Å². The second-order valence-electron chi connectivity index (χ2n) is 5.92. The molecular weight excluding hydrogens is 264 g/mol. The largest absolute Gasteiger partial charge is 0.496 e. The highest BCUT2D eigenvalue weighted by molar-refractivity contribution is 5.34. The molecule has 1 saturated carbocycles. The first-order valence-corrected chi connectivity index (χ1v) is 7.89. The number of hydrogen-bond acceptors (Lipinski definition) is 4. The minimum atomic E-state index is -0.175. The van der Waals surface area contributed by atoms with Gasteiger partial charge in [0, 0.05) is 7.11 Å². The zero-order valence-electron chi connectivity index (χ0n) is 13.2. The zero-order valence-corrected chi connectivity index (χ0v) is 13.2.